The summed E-state index contributed by atoms with van der Waals surface area (Å²) in [6.07, 6.45) is 5.95. The maximum atomic E-state index is 12.9. The predicted octanol–water partition coefficient (Wildman–Crippen LogP) is 3.06. The molecule has 0 spiro atoms. The van der Waals surface area contributed by atoms with Crippen LogP contribution in [-0.4, -0.2) is 20.3 Å². The molecule has 3 heterocycles. The van der Waals surface area contributed by atoms with Gasteiger partial charge in [-0.15, -0.1) is 11.3 Å². The fourth-order valence-electron chi connectivity index (χ4n) is 2.70. The summed E-state index contributed by atoms with van der Waals surface area (Å²) in [5, 5.41) is 4.85. The zero-order chi connectivity index (χ0) is 18.0. The van der Waals surface area contributed by atoms with Gasteiger partial charge in [0.1, 0.15) is 5.69 Å². The number of nitrogens with zero attached hydrogens (tertiary/aromatic N) is 3. The first-order chi connectivity index (χ1) is 11.8. The third-order valence-corrected chi connectivity index (χ3v) is 4.51. The van der Waals surface area contributed by atoms with Crippen LogP contribution in [0.25, 0.3) is 4.96 Å². The summed E-state index contributed by atoms with van der Waals surface area (Å²) in [6.45, 7) is 6.36. The van der Waals surface area contributed by atoms with Crippen molar-refractivity contribution in [3.63, 3.8) is 0 Å². The van der Waals surface area contributed by atoms with Crippen molar-refractivity contribution in [3.8, 4) is 0 Å². The van der Waals surface area contributed by atoms with E-state index in [2.05, 4.69) is 36.1 Å². The molecule has 3 aromatic rings. The van der Waals surface area contributed by atoms with Crippen molar-refractivity contribution in [2.75, 3.05) is 0 Å². The van der Waals surface area contributed by atoms with Crippen LogP contribution in [0.1, 0.15) is 49.3 Å². The van der Waals surface area contributed by atoms with Crippen LogP contribution in [0, 0.1) is 5.41 Å². The summed E-state index contributed by atoms with van der Waals surface area (Å²) < 4.78 is 1.64. The molecule has 0 aromatic carbocycles. The first kappa shape index (κ1) is 17.3. The highest BCUT2D eigenvalue weighted by molar-refractivity contribution is 7.15. The topological polar surface area (TPSA) is 76.4 Å². The Morgan fingerprint density at radius 3 is 2.88 bits per heavy atom. The van der Waals surface area contributed by atoms with E-state index in [0.717, 1.165) is 12.0 Å². The van der Waals surface area contributed by atoms with Crippen LogP contribution in [-0.2, 0) is 0 Å². The second-order valence-electron chi connectivity index (χ2n) is 7.11. The van der Waals surface area contributed by atoms with Gasteiger partial charge in [-0.05, 0) is 23.5 Å². The SMILES string of the molecule is CC(C)(C)C[C@H](NC(=O)c1cc(=O)nc2sccn12)c1cccnc1. The van der Waals surface area contributed by atoms with Gasteiger partial charge in [0.25, 0.3) is 11.5 Å². The van der Waals surface area contributed by atoms with Crippen LogP contribution >= 0.6 is 11.3 Å². The molecule has 1 amide bonds. The monoisotopic (exact) mass is 356 g/mol. The molecule has 0 aliphatic heterocycles. The van der Waals surface area contributed by atoms with Crippen molar-refractivity contribution in [1.29, 1.82) is 0 Å². The summed E-state index contributed by atoms with van der Waals surface area (Å²) in [5.41, 5.74) is 0.828. The van der Waals surface area contributed by atoms with Gasteiger partial charge in [-0.1, -0.05) is 26.8 Å². The minimum atomic E-state index is -0.415. The molecule has 0 fully saturated rings. The molecule has 1 atom stereocenters. The Bertz CT molecular complexity index is 941. The van der Waals surface area contributed by atoms with Gasteiger partial charge in [-0.2, -0.15) is 4.98 Å². The van der Waals surface area contributed by atoms with Crippen LogP contribution in [0.15, 0.2) is 47.0 Å². The number of pyridine rings is 1. The van der Waals surface area contributed by atoms with E-state index in [0.29, 0.717) is 10.7 Å². The largest absolute Gasteiger partial charge is 0.344 e. The van der Waals surface area contributed by atoms with E-state index in [1.54, 1.807) is 28.4 Å². The summed E-state index contributed by atoms with van der Waals surface area (Å²) in [4.78, 5) is 33.2. The lowest BCUT2D eigenvalue weighted by atomic mass is 9.86. The number of aromatic nitrogens is 3. The fourth-order valence-corrected chi connectivity index (χ4v) is 3.42. The molecular weight excluding hydrogens is 336 g/mol. The van der Waals surface area contributed by atoms with Gasteiger partial charge in [0.2, 0.25) is 0 Å². The number of carbonyl (C=O) groups is 1. The minimum absolute atomic E-state index is 0.0145. The van der Waals surface area contributed by atoms with Gasteiger partial charge in [0, 0.05) is 30.0 Å². The van der Waals surface area contributed by atoms with Crippen molar-refractivity contribution >= 4 is 22.2 Å². The molecular formula is C18H20N4O2S. The molecule has 0 aliphatic rings. The predicted molar refractivity (Wildman–Crippen MR) is 97.9 cm³/mol. The van der Waals surface area contributed by atoms with E-state index in [9.17, 15) is 9.59 Å². The molecule has 0 unspecified atom stereocenters. The lowest BCUT2D eigenvalue weighted by molar-refractivity contribution is 0.0919. The molecule has 0 aliphatic carbocycles. The summed E-state index contributed by atoms with van der Waals surface area (Å²) in [6, 6.07) is 4.87. The Balaban J connectivity index is 1.94. The number of hydrogen-bond acceptors (Lipinski definition) is 5. The number of nitrogens with one attached hydrogen (secondary N) is 1. The third kappa shape index (κ3) is 4.11. The van der Waals surface area contributed by atoms with Crippen molar-refractivity contribution in [2.45, 2.75) is 33.2 Å². The van der Waals surface area contributed by atoms with Crippen molar-refractivity contribution in [2.24, 2.45) is 5.41 Å². The maximum absolute atomic E-state index is 12.9. The lowest BCUT2D eigenvalue weighted by Gasteiger charge is -2.27. The molecule has 0 radical (unpaired) electrons. The highest BCUT2D eigenvalue weighted by atomic mass is 32.1. The Morgan fingerprint density at radius 1 is 1.40 bits per heavy atom. The molecule has 3 aromatic heterocycles. The van der Waals surface area contributed by atoms with Crippen LogP contribution < -0.4 is 10.9 Å². The van der Waals surface area contributed by atoms with E-state index in [1.165, 1.54) is 17.4 Å². The molecule has 3 rings (SSSR count). The molecule has 0 bridgehead atoms. The molecule has 0 saturated carbocycles. The van der Waals surface area contributed by atoms with Crippen LogP contribution in [0.2, 0.25) is 0 Å². The second-order valence-corrected chi connectivity index (χ2v) is 7.99. The first-order valence-electron chi connectivity index (χ1n) is 8.01. The Labute approximate surface area is 149 Å². The first-order valence-corrected chi connectivity index (χ1v) is 8.89. The average Bonchev–Trinajstić information content (AvgIpc) is 3.01. The Hall–Kier alpha value is -2.54. The average molecular weight is 356 g/mol. The van der Waals surface area contributed by atoms with Gasteiger partial charge in [-0.25, -0.2) is 0 Å². The smallest absolute Gasteiger partial charge is 0.274 e. The van der Waals surface area contributed by atoms with Gasteiger partial charge >= 0.3 is 0 Å². The van der Waals surface area contributed by atoms with Gasteiger partial charge in [0.15, 0.2) is 4.96 Å². The number of hydrogen-bond donors (Lipinski definition) is 1. The lowest BCUT2D eigenvalue weighted by Crippen LogP contribution is -2.33. The van der Waals surface area contributed by atoms with Crippen LogP contribution in [0.3, 0.4) is 0 Å². The molecule has 1 N–H and O–H groups in total. The number of fused-ring (bicyclic) bond motifs is 1. The highest BCUT2D eigenvalue weighted by Crippen LogP contribution is 2.29. The Kier molecular flexibility index (Phi) is 4.67. The van der Waals surface area contributed by atoms with Crippen LogP contribution in [0.5, 0.6) is 0 Å². The fraction of sp³-hybridized carbons (Fsp3) is 0.333. The molecule has 25 heavy (non-hydrogen) atoms. The number of amides is 1. The summed E-state index contributed by atoms with van der Waals surface area (Å²) in [5.74, 6) is -0.300. The van der Waals surface area contributed by atoms with E-state index in [1.807, 2.05) is 12.1 Å². The van der Waals surface area contributed by atoms with Crippen LogP contribution in [0.4, 0.5) is 0 Å². The van der Waals surface area contributed by atoms with Crippen molar-refractivity contribution < 1.29 is 4.79 Å². The zero-order valence-electron chi connectivity index (χ0n) is 14.4. The normalized spacial score (nSPS) is 12.9. The quantitative estimate of drug-likeness (QED) is 0.779. The second kappa shape index (κ2) is 6.76. The molecule has 0 saturated heterocycles. The molecule has 7 heteroatoms. The molecule has 6 nitrogen and oxygen atoms in total. The minimum Gasteiger partial charge on any atom is -0.344 e. The van der Waals surface area contributed by atoms with Gasteiger partial charge in [0.05, 0.1) is 6.04 Å². The number of carbonyl (C=O) groups excluding carboxylic acids is 1. The van der Waals surface area contributed by atoms with Crippen molar-refractivity contribution in [1.82, 2.24) is 19.7 Å². The third-order valence-electron chi connectivity index (χ3n) is 3.76. The zero-order valence-corrected chi connectivity index (χ0v) is 15.2. The standard InChI is InChI=1S/C18H20N4O2S/c1-18(2,3)10-13(12-5-4-6-19-11-12)20-16(24)14-9-15(23)21-17-22(14)7-8-25-17/h4-9,11,13H,10H2,1-3H3,(H,20,24)/t13-/m0/s1. The maximum Gasteiger partial charge on any atom is 0.274 e. The van der Waals surface area contributed by atoms with E-state index < -0.39 is 5.56 Å². The Morgan fingerprint density at radius 2 is 2.20 bits per heavy atom. The number of rotatable bonds is 4. The summed E-state index contributed by atoms with van der Waals surface area (Å²) >= 11 is 1.32. The van der Waals surface area contributed by atoms with E-state index >= 15 is 0 Å². The van der Waals surface area contributed by atoms with Gasteiger partial charge in [-0.3, -0.25) is 19.0 Å². The van der Waals surface area contributed by atoms with Gasteiger partial charge < -0.3 is 5.32 Å². The summed E-state index contributed by atoms with van der Waals surface area (Å²) in [7, 11) is 0. The van der Waals surface area contributed by atoms with Crippen molar-refractivity contribution in [3.05, 3.63) is 63.8 Å². The molecule has 130 valence electrons. The van der Waals surface area contributed by atoms with E-state index in [4.69, 9.17) is 0 Å². The number of thiazole rings is 1. The van der Waals surface area contributed by atoms with E-state index in [-0.39, 0.29) is 17.4 Å². The highest BCUT2D eigenvalue weighted by Gasteiger charge is 2.24.